The number of carbonyl (C=O) groups excluding carboxylic acids is 1. The summed E-state index contributed by atoms with van der Waals surface area (Å²) in [5.74, 6) is 0.778. The molecule has 6 nitrogen and oxygen atoms in total. The van der Waals surface area contributed by atoms with Crippen LogP contribution in [0.5, 0.6) is 0 Å². The molecule has 0 spiro atoms. The fourth-order valence-electron chi connectivity index (χ4n) is 1.97. The predicted molar refractivity (Wildman–Crippen MR) is 96.5 cm³/mol. The van der Waals surface area contributed by atoms with Gasteiger partial charge in [-0.3, -0.25) is 4.79 Å². The molecule has 0 unspecified atom stereocenters. The zero-order valence-electron chi connectivity index (χ0n) is 13.6. The molecule has 0 saturated heterocycles. The number of nitrogens with zero attached hydrogens (tertiary/aromatic N) is 3. The molecule has 1 aromatic carbocycles. The van der Waals surface area contributed by atoms with Crippen LogP contribution in [0.15, 0.2) is 36.0 Å². The molecule has 2 aromatic rings. The molecule has 8 heteroatoms. The third-order valence-electron chi connectivity index (χ3n) is 3.17. The van der Waals surface area contributed by atoms with Crippen LogP contribution in [-0.4, -0.2) is 33.5 Å². The number of thioether (sulfide) groups is 1. The van der Waals surface area contributed by atoms with Crippen molar-refractivity contribution in [1.29, 1.82) is 0 Å². The molecule has 1 heterocycles. The number of allylic oxidation sites excluding steroid dienone is 1. The number of anilines is 1. The number of benzene rings is 1. The number of carbonyl (C=O) groups is 1. The molecular formula is C16H19ClN4O2S. The van der Waals surface area contributed by atoms with E-state index in [1.54, 1.807) is 19.3 Å². The molecule has 128 valence electrons. The van der Waals surface area contributed by atoms with Crippen molar-refractivity contribution in [1.82, 2.24) is 14.8 Å². The number of nitrogens with one attached hydrogen (secondary N) is 1. The van der Waals surface area contributed by atoms with Gasteiger partial charge in [0.05, 0.1) is 5.75 Å². The van der Waals surface area contributed by atoms with Crippen molar-refractivity contribution in [2.24, 2.45) is 0 Å². The van der Waals surface area contributed by atoms with E-state index in [9.17, 15) is 4.79 Å². The highest BCUT2D eigenvalue weighted by Crippen LogP contribution is 2.21. The van der Waals surface area contributed by atoms with Gasteiger partial charge < -0.3 is 14.6 Å². The van der Waals surface area contributed by atoms with Crippen molar-refractivity contribution in [3.63, 3.8) is 0 Å². The first-order valence-corrected chi connectivity index (χ1v) is 8.62. The monoisotopic (exact) mass is 366 g/mol. The highest BCUT2D eigenvalue weighted by Gasteiger charge is 2.13. The van der Waals surface area contributed by atoms with Gasteiger partial charge in [0.25, 0.3) is 0 Å². The third kappa shape index (κ3) is 4.83. The quantitative estimate of drug-likeness (QED) is 0.573. The number of hydrogen-bond donors (Lipinski definition) is 1. The molecule has 24 heavy (non-hydrogen) atoms. The molecule has 0 radical (unpaired) electrons. The fraction of sp³-hybridized carbons (Fsp3) is 0.312. The first-order chi connectivity index (χ1) is 11.5. The SMILES string of the molecule is C=CCn1c(COC)nnc1SCC(=O)Nc1ccc(C)c(Cl)c1. The summed E-state index contributed by atoms with van der Waals surface area (Å²) in [6, 6.07) is 5.42. The Bertz CT molecular complexity index is 733. The maximum absolute atomic E-state index is 12.1. The van der Waals surface area contributed by atoms with E-state index >= 15 is 0 Å². The van der Waals surface area contributed by atoms with E-state index in [-0.39, 0.29) is 11.7 Å². The minimum Gasteiger partial charge on any atom is -0.377 e. The molecule has 0 aliphatic rings. The lowest BCUT2D eigenvalue weighted by Gasteiger charge is -2.08. The third-order valence-corrected chi connectivity index (χ3v) is 4.54. The smallest absolute Gasteiger partial charge is 0.234 e. The molecular weight excluding hydrogens is 348 g/mol. The summed E-state index contributed by atoms with van der Waals surface area (Å²) in [6.07, 6.45) is 1.75. The summed E-state index contributed by atoms with van der Waals surface area (Å²) in [5.41, 5.74) is 1.64. The number of halogens is 1. The molecule has 1 amide bonds. The summed E-state index contributed by atoms with van der Waals surface area (Å²) in [4.78, 5) is 12.1. The molecule has 0 aliphatic carbocycles. The number of rotatable bonds is 8. The van der Waals surface area contributed by atoms with Gasteiger partial charge in [0.15, 0.2) is 11.0 Å². The minimum absolute atomic E-state index is 0.138. The highest BCUT2D eigenvalue weighted by atomic mass is 35.5. The topological polar surface area (TPSA) is 69.0 Å². The lowest BCUT2D eigenvalue weighted by Crippen LogP contribution is -2.15. The maximum atomic E-state index is 12.1. The average Bonchev–Trinajstić information content (AvgIpc) is 2.92. The van der Waals surface area contributed by atoms with Gasteiger partial charge in [0.1, 0.15) is 6.61 Å². The van der Waals surface area contributed by atoms with Gasteiger partial charge >= 0.3 is 0 Å². The van der Waals surface area contributed by atoms with E-state index in [2.05, 4.69) is 22.1 Å². The van der Waals surface area contributed by atoms with Crippen LogP contribution in [0.1, 0.15) is 11.4 Å². The summed E-state index contributed by atoms with van der Waals surface area (Å²) in [7, 11) is 1.60. The van der Waals surface area contributed by atoms with E-state index in [0.717, 1.165) is 5.56 Å². The van der Waals surface area contributed by atoms with E-state index in [1.807, 2.05) is 23.6 Å². The number of hydrogen-bond acceptors (Lipinski definition) is 5. The minimum atomic E-state index is -0.138. The Morgan fingerprint density at radius 1 is 1.50 bits per heavy atom. The number of methoxy groups -OCH3 is 1. The Kier molecular flexibility index (Phi) is 6.84. The number of ether oxygens (including phenoxy) is 1. The van der Waals surface area contributed by atoms with Crippen LogP contribution in [0.25, 0.3) is 0 Å². The van der Waals surface area contributed by atoms with Crippen LogP contribution < -0.4 is 5.32 Å². The molecule has 1 aromatic heterocycles. The first-order valence-electron chi connectivity index (χ1n) is 7.26. The van der Waals surface area contributed by atoms with Crippen LogP contribution in [0, 0.1) is 6.92 Å². The predicted octanol–water partition coefficient (Wildman–Crippen LogP) is 3.30. The van der Waals surface area contributed by atoms with Crippen LogP contribution >= 0.6 is 23.4 Å². The second kappa shape index (κ2) is 8.86. The second-order valence-corrected chi connectivity index (χ2v) is 6.38. The fourth-order valence-corrected chi connectivity index (χ4v) is 2.92. The van der Waals surface area contributed by atoms with Crippen molar-refractivity contribution in [3.8, 4) is 0 Å². The van der Waals surface area contributed by atoms with Crippen molar-refractivity contribution < 1.29 is 9.53 Å². The second-order valence-electron chi connectivity index (χ2n) is 5.03. The summed E-state index contributed by atoms with van der Waals surface area (Å²) in [5, 5.41) is 12.3. The maximum Gasteiger partial charge on any atom is 0.234 e. The molecule has 1 N–H and O–H groups in total. The molecule has 0 atom stereocenters. The van der Waals surface area contributed by atoms with Gasteiger partial charge in [0, 0.05) is 24.4 Å². The first kappa shape index (κ1) is 18.5. The van der Waals surface area contributed by atoms with Crippen molar-refractivity contribution in [2.45, 2.75) is 25.2 Å². The molecule has 0 aliphatic heterocycles. The standard InChI is InChI=1S/C16H19ClN4O2S/c1-4-7-21-14(9-23-3)19-20-16(21)24-10-15(22)18-12-6-5-11(2)13(17)8-12/h4-6,8H,1,7,9-10H2,2-3H3,(H,18,22). The number of amides is 1. The Labute approximate surface area is 150 Å². The molecule has 0 bridgehead atoms. The van der Waals surface area contributed by atoms with E-state index in [1.165, 1.54) is 11.8 Å². The van der Waals surface area contributed by atoms with Gasteiger partial charge in [-0.15, -0.1) is 16.8 Å². The Morgan fingerprint density at radius 2 is 2.29 bits per heavy atom. The van der Waals surface area contributed by atoms with Gasteiger partial charge in [-0.05, 0) is 24.6 Å². The van der Waals surface area contributed by atoms with Gasteiger partial charge in [-0.1, -0.05) is 35.5 Å². The average molecular weight is 367 g/mol. The lowest BCUT2D eigenvalue weighted by atomic mass is 10.2. The highest BCUT2D eigenvalue weighted by molar-refractivity contribution is 7.99. The van der Waals surface area contributed by atoms with Crippen LogP contribution in [0.3, 0.4) is 0 Å². The lowest BCUT2D eigenvalue weighted by molar-refractivity contribution is -0.113. The Balaban J connectivity index is 1.98. The molecule has 0 fully saturated rings. The van der Waals surface area contributed by atoms with E-state index in [0.29, 0.717) is 34.8 Å². The zero-order valence-corrected chi connectivity index (χ0v) is 15.2. The summed E-state index contributed by atoms with van der Waals surface area (Å²) >= 11 is 7.37. The van der Waals surface area contributed by atoms with Crippen molar-refractivity contribution >= 4 is 35.0 Å². The van der Waals surface area contributed by atoms with Crippen LogP contribution in [0.4, 0.5) is 5.69 Å². The van der Waals surface area contributed by atoms with Gasteiger partial charge in [-0.25, -0.2) is 0 Å². The Hall–Kier alpha value is -1.83. The summed E-state index contributed by atoms with van der Waals surface area (Å²) < 4.78 is 6.97. The van der Waals surface area contributed by atoms with Gasteiger partial charge in [-0.2, -0.15) is 0 Å². The largest absolute Gasteiger partial charge is 0.377 e. The molecule has 0 saturated carbocycles. The van der Waals surface area contributed by atoms with Gasteiger partial charge in [0.2, 0.25) is 5.91 Å². The zero-order chi connectivity index (χ0) is 17.5. The summed E-state index contributed by atoms with van der Waals surface area (Å²) in [6.45, 7) is 6.55. The van der Waals surface area contributed by atoms with E-state index in [4.69, 9.17) is 16.3 Å². The van der Waals surface area contributed by atoms with Crippen LogP contribution in [-0.2, 0) is 22.7 Å². The number of aromatic nitrogens is 3. The molecule has 2 rings (SSSR count). The van der Waals surface area contributed by atoms with E-state index < -0.39 is 0 Å². The normalized spacial score (nSPS) is 10.6. The number of aryl methyl sites for hydroxylation is 1. The van der Waals surface area contributed by atoms with Crippen molar-refractivity contribution in [2.75, 3.05) is 18.2 Å². The van der Waals surface area contributed by atoms with Crippen LogP contribution in [0.2, 0.25) is 5.02 Å². The Morgan fingerprint density at radius 3 is 2.96 bits per heavy atom. The van der Waals surface area contributed by atoms with Crippen molar-refractivity contribution in [3.05, 3.63) is 47.3 Å².